The first-order chi connectivity index (χ1) is 11.8. The maximum absolute atomic E-state index is 12.7. The highest BCUT2D eigenvalue weighted by Gasteiger charge is 2.26. The van der Waals surface area contributed by atoms with Gasteiger partial charge in [-0.15, -0.1) is 0 Å². The molecular formula is C20H19N3O. The first kappa shape index (κ1) is 14.8. The van der Waals surface area contributed by atoms with Gasteiger partial charge in [0.2, 0.25) is 0 Å². The maximum Gasteiger partial charge on any atom is 0.253 e. The summed E-state index contributed by atoms with van der Waals surface area (Å²) in [5, 5.41) is 2.36. The first-order valence-electron chi connectivity index (χ1n) is 8.35. The molecule has 0 N–H and O–H groups in total. The van der Waals surface area contributed by atoms with E-state index in [0.717, 1.165) is 37.0 Å². The van der Waals surface area contributed by atoms with Crippen molar-refractivity contribution in [3.8, 4) is 0 Å². The van der Waals surface area contributed by atoms with E-state index < -0.39 is 0 Å². The third-order valence-electron chi connectivity index (χ3n) is 4.71. The van der Waals surface area contributed by atoms with Gasteiger partial charge in [-0.1, -0.05) is 24.3 Å². The third-order valence-corrected chi connectivity index (χ3v) is 4.71. The van der Waals surface area contributed by atoms with Gasteiger partial charge in [-0.2, -0.15) is 0 Å². The Morgan fingerprint density at radius 2 is 1.88 bits per heavy atom. The number of pyridine rings is 2. The van der Waals surface area contributed by atoms with Crippen LogP contribution in [0.3, 0.4) is 0 Å². The van der Waals surface area contributed by atoms with Crippen molar-refractivity contribution in [1.82, 2.24) is 14.9 Å². The summed E-state index contributed by atoms with van der Waals surface area (Å²) in [5.74, 6) is 0.386. The lowest BCUT2D eigenvalue weighted by molar-refractivity contribution is 0.0706. The summed E-state index contributed by atoms with van der Waals surface area (Å²) < 4.78 is 0. The molecule has 4 heteroatoms. The van der Waals surface area contributed by atoms with Crippen LogP contribution < -0.4 is 0 Å². The highest BCUT2D eigenvalue weighted by molar-refractivity contribution is 5.94. The van der Waals surface area contributed by atoms with Crippen molar-refractivity contribution in [3.05, 3.63) is 72.3 Å². The summed E-state index contributed by atoms with van der Waals surface area (Å²) in [6, 6.07) is 14.0. The van der Waals surface area contributed by atoms with Crippen LogP contribution in [0, 0.1) is 0 Å². The van der Waals surface area contributed by atoms with E-state index >= 15 is 0 Å². The Bertz CT molecular complexity index is 863. The molecular weight excluding hydrogens is 298 g/mol. The van der Waals surface area contributed by atoms with Gasteiger partial charge in [-0.25, -0.2) is 0 Å². The van der Waals surface area contributed by atoms with E-state index in [4.69, 9.17) is 0 Å². The van der Waals surface area contributed by atoms with Gasteiger partial charge in [0, 0.05) is 54.2 Å². The molecule has 120 valence electrons. The first-order valence-corrected chi connectivity index (χ1v) is 8.35. The number of aromatic nitrogens is 2. The smallest absolute Gasteiger partial charge is 0.253 e. The van der Waals surface area contributed by atoms with Gasteiger partial charge in [0.15, 0.2) is 0 Å². The molecule has 0 radical (unpaired) electrons. The Kier molecular flexibility index (Phi) is 3.95. The Labute approximate surface area is 141 Å². The maximum atomic E-state index is 12.7. The zero-order valence-corrected chi connectivity index (χ0v) is 13.4. The standard InChI is InChI=1S/C20H19N3O/c24-20(15-7-9-21-10-8-15)23-11-3-6-18(14-23)19-12-16-4-1-2-5-17(16)13-22-19/h1-2,4-5,7-10,12-13,18H,3,6,11,14H2/t18-/m0/s1. The van der Waals surface area contributed by atoms with Crippen molar-refractivity contribution in [2.75, 3.05) is 13.1 Å². The lowest BCUT2D eigenvalue weighted by Crippen LogP contribution is -2.39. The van der Waals surface area contributed by atoms with Gasteiger partial charge in [0.1, 0.15) is 0 Å². The lowest BCUT2D eigenvalue weighted by atomic mass is 9.93. The number of rotatable bonds is 2. The van der Waals surface area contributed by atoms with Crippen LogP contribution in [-0.2, 0) is 0 Å². The number of fused-ring (bicyclic) bond motifs is 1. The van der Waals surface area contributed by atoms with Crippen LogP contribution in [0.15, 0.2) is 61.1 Å². The largest absolute Gasteiger partial charge is 0.338 e. The number of hydrogen-bond acceptors (Lipinski definition) is 3. The number of amides is 1. The minimum Gasteiger partial charge on any atom is -0.338 e. The van der Waals surface area contributed by atoms with Crippen molar-refractivity contribution in [3.63, 3.8) is 0 Å². The molecule has 2 aromatic heterocycles. The summed E-state index contributed by atoms with van der Waals surface area (Å²) in [7, 11) is 0. The van der Waals surface area contributed by atoms with Gasteiger partial charge in [0.05, 0.1) is 0 Å². The molecule has 24 heavy (non-hydrogen) atoms. The zero-order chi connectivity index (χ0) is 16.4. The Hall–Kier alpha value is -2.75. The summed E-state index contributed by atoms with van der Waals surface area (Å²) >= 11 is 0. The van der Waals surface area contributed by atoms with Crippen molar-refractivity contribution < 1.29 is 4.79 Å². The van der Waals surface area contributed by atoms with Crippen LogP contribution in [0.2, 0.25) is 0 Å². The fourth-order valence-electron chi connectivity index (χ4n) is 3.40. The Morgan fingerprint density at radius 1 is 1.08 bits per heavy atom. The number of carbonyl (C=O) groups excluding carboxylic acids is 1. The second kappa shape index (κ2) is 6.40. The van der Waals surface area contributed by atoms with E-state index in [2.05, 4.69) is 28.2 Å². The summed E-state index contributed by atoms with van der Waals surface area (Å²) in [4.78, 5) is 23.2. The second-order valence-corrected chi connectivity index (χ2v) is 6.28. The average Bonchev–Trinajstić information content (AvgIpc) is 2.68. The minimum atomic E-state index is 0.0860. The summed E-state index contributed by atoms with van der Waals surface area (Å²) in [6.07, 6.45) is 7.36. The molecule has 4 rings (SSSR count). The van der Waals surface area contributed by atoms with E-state index in [0.29, 0.717) is 11.5 Å². The highest BCUT2D eigenvalue weighted by atomic mass is 16.2. The van der Waals surface area contributed by atoms with Crippen LogP contribution >= 0.6 is 0 Å². The van der Waals surface area contributed by atoms with Crippen LogP contribution in [0.25, 0.3) is 10.8 Å². The fraction of sp³-hybridized carbons (Fsp3) is 0.250. The van der Waals surface area contributed by atoms with Crippen molar-refractivity contribution in [2.24, 2.45) is 0 Å². The molecule has 0 unspecified atom stereocenters. The number of piperidine rings is 1. The van der Waals surface area contributed by atoms with Gasteiger partial charge in [-0.05, 0) is 36.4 Å². The minimum absolute atomic E-state index is 0.0860. The van der Waals surface area contributed by atoms with Gasteiger partial charge in [0.25, 0.3) is 5.91 Å². The third kappa shape index (κ3) is 2.87. The van der Waals surface area contributed by atoms with Gasteiger partial charge < -0.3 is 4.90 Å². The van der Waals surface area contributed by atoms with Crippen LogP contribution in [0.4, 0.5) is 0 Å². The Balaban J connectivity index is 1.56. The lowest BCUT2D eigenvalue weighted by Gasteiger charge is -2.32. The molecule has 0 saturated carbocycles. The number of likely N-dealkylation sites (tertiary alicyclic amines) is 1. The predicted octanol–water partition coefficient (Wildman–Crippen LogP) is 3.65. The molecule has 4 nitrogen and oxygen atoms in total. The Morgan fingerprint density at radius 3 is 2.71 bits per heavy atom. The molecule has 1 fully saturated rings. The monoisotopic (exact) mass is 317 g/mol. The number of benzene rings is 1. The molecule has 1 saturated heterocycles. The van der Waals surface area contributed by atoms with E-state index in [1.54, 1.807) is 24.5 Å². The molecule has 1 aromatic carbocycles. The van der Waals surface area contributed by atoms with E-state index in [1.165, 1.54) is 5.39 Å². The summed E-state index contributed by atoms with van der Waals surface area (Å²) in [5.41, 5.74) is 1.79. The number of hydrogen-bond donors (Lipinski definition) is 0. The molecule has 0 spiro atoms. The van der Waals surface area contributed by atoms with E-state index in [-0.39, 0.29) is 5.91 Å². The average molecular weight is 317 g/mol. The molecule has 1 aliphatic rings. The van der Waals surface area contributed by atoms with Crippen LogP contribution in [-0.4, -0.2) is 33.9 Å². The normalized spacial score (nSPS) is 17.8. The SMILES string of the molecule is O=C(c1ccncc1)N1CCC[C@H](c2cc3ccccc3cn2)C1. The van der Waals surface area contributed by atoms with Crippen molar-refractivity contribution in [1.29, 1.82) is 0 Å². The quantitative estimate of drug-likeness (QED) is 0.725. The summed E-state index contributed by atoms with van der Waals surface area (Å²) in [6.45, 7) is 1.54. The number of carbonyl (C=O) groups is 1. The predicted molar refractivity (Wildman–Crippen MR) is 93.9 cm³/mol. The molecule has 3 aromatic rings. The molecule has 1 atom stereocenters. The topological polar surface area (TPSA) is 46.1 Å². The number of nitrogens with zero attached hydrogens (tertiary/aromatic N) is 3. The van der Waals surface area contributed by atoms with Crippen molar-refractivity contribution >= 4 is 16.7 Å². The molecule has 0 bridgehead atoms. The highest BCUT2D eigenvalue weighted by Crippen LogP contribution is 2.28. The van der Waals surface area contributed by atoms with Crippen LogP contribution in [0.5, 0.6) is 0 Å². The van der Waals surface area contributed by atoms with Gasteiger partial charge in [-0.3, -0.25) is 14.8 Å². The molecule has 1 aliphatic heterocycles. The molecule has 3 heterocycles. The van der Waals surface area contributed by atoms with E-state index in [1.807, 2.05) is 23.2 Å². The van der Waals surface area contributed by atoms with Crippen LogP contribution in [0.1, 0.15) is 34.8 Å². The van der Waals surface area contributed by atoms with E-state index in [9.17, 15) is 4.79 Å². The zero-order valence-electron chi connectivity index (χ0n) is 13.4. The molecule has 1 amide bonds. The van der Waals surface area contributed by atoms with Crippen molar-refractivity contribution in [2.45, 2.75) is 18.8 Å². The fourth-order valence-corrected chi connectivity index (χ4v) is 3.40. The van der Waals surface area contributed by atoms with Gasteiger partial charge >= 0.3 is 0 Å². The second-order valence-electron chi connectivity index (χ2n) is 6.28. The molecule has 0 aliphatic carbocycles.